The highest BCUT2D eigenvalue weighted by Gasteiger charge is 2.09. The fourth-order valence-corrected chi connectivity index (χ4v) is 3.19. The molecule has 0 radical (unpaired) electrons. The predicted octanol–water partition coefficient (Wildman–Crippen LogP) is 5.34. The van der Waals surface area contributed by atoms with Crippen molar-refractivity contribution in [2.24, 2.45) is 7.05 Å². The van der Waals surface area contributed by atoms with Gasteiger partial charge in [-0.15, -0.1) is 0 Å². The molecule has 2 amide bonds. The summed E-state index contributed by atoms with van der Waals surface area (Å²) in [4.78, 5) is 20.2. The molecular weight excluding hydrogens is 350 g/mol. The second-order valence-corrected chi connectivity index (χ2v) is 7.20. The van der Waals surface area contributed by atoms with Crippen LogP contribution in [0, 0.1) is 0 Å². The summed E-state index contributed by atoms with van der Waals surface area (Å²) in [5.74, 6) is 1.28. The third-order valence-electron chi connectivity index (χ3n) is 4.72. The smallest absolute Gasteiger partial charge is 0.323 e. The Morgan fingerprint density at radius 2 is 1.86 bits per heavy atom. The molecule has 2 aromatic heterocycles. The van der Waals surface area contributed by atoms with Gasteiger partial charge in [-0.1, -0.05) is 26.0 Å². The minimum atomic E-state index is -0.278. The summed E-state index contributed by atoms with van der Waals surface area (Å²) in [5.41, 5.74) is 4.50. The number of hydrogen-bond acceptors (Lipinski definition) is 2. The van der Waals surface area contributed by atoms with Gasteiger partial charge in [0.15, 0.2) is 0 Å². The van der Waals surface area contributed by atoms with Gasteiger partial charge in [0.2, 0.25) is 0 Å². The molecule has 0 saturated carbocycles. The second kappa shape index (κ2) is 7.23. The summed E-state index contributed by atoms with van der Waals surface area (Å²) >= 11 is 0. The minimum Gasteiger partial charge on any atom is -0.351 e. The Hall–Kier alpha value is -3.54. The molecule has 0 spiro atoms. The number of H-pyrrole nitrogens is 1. The molecule has 0 fully saturated rings. The highest BCUT2D eigenvalue weighted by Crippen LogP contribution is 2.23. The summed E-state index contributed by atoms with van der Waals surface area (Å²) in [6.45, 7) is 4.19. The standard InChI is InChI=1S/C22H23N5O/c1-14(2)21-23-13-19(26-21)15-5-4-6-17(11-15)24-22(28)25-18-7-8-20-16(12-18)9-10-27(20)3/h4-14H,1-3H3,(H,23,26)(H2,24,25,28). The molecule has 3 N–H and O–H groups in total. The van der Waals surface area contributed by atoms with Gasteiger partial charge in [0.05, 0.1) is 11.9 Å². The largest absolute Gasteiger partial charge is 0.351 e. The summed E-state index contributed by atoms with van der Waals surface area (Å²) < 4.78 is 2.05. The van der Waals surface area contributed by atoms with Gasteiger partial charge in [-0.2, -0.15) is 0 Å². The lowest BCUT2D eigenvalue weighted by molar-refractivity contribution is 0.262. The average Bonchev–Trinajstić information content (AvgIpc) is 3.29. The SMILES string of the molecule is CC(C)c1ncc(-c2cccc(NC(=O)Nc3ccc4c(ccn4C)c3)c2)[nH]1. The van der Waals surface area contributed by atoms with Crippen LogP contribution in [0.5, 0.6) is 0 Å². The molecule has 0 atom stereocenters. The zero-order valence-electron chi connectivity index (χ0n) is 16.2. The number of aryl methyl sites for hydroxylation is 1. The van der Waals surface area contributed by atoms with Crippen molar-refractivity contribution >= 4 is 28.3 Å². The number of urea groups is 1. The first-order valence-electron chi connectivity index (χ1n) is 9.28. The van der Waals surface area contributed by atoms with E-state index in [4.69, 9.17) is 0 Å². The average molecular weight is 373 g/mol. The van der Waals surface area contributed by atoms with Gasteiger partial charge >= 0.3 is 6.03 Å². The molecule has 142 valence electrons. The fourth-order valence-electron chi connectivity index (χ4n) is 3.19. The number of anilines is 2. The summed E-state index contributed by atoms with van der Waals surface area (Å²) in [7, 11) is 2.00. The highest BCUT2D eigenvalue weighted by molar-refractivity contribution is 6.01. The molecule has 0 aliphatic heterocycles. The van der Waals surface area contributed by atoms with Gasteiger partial charge in [-0.3, -0.25) is 0 Å². The number of amides is 2. The topological polar surface area (TPSA) is 74.7 Å². The Balaban J connectivity index is 1.47. The van der Waals surface area contributed by atoms with E-state index in [1.807, 2.05) is 72.5 Å². The number of nitrogens with one attached hydrogen (secondary N) is 3. The molecule has 0 bridgehead atoms. The van der Waals surface area contributed by atoms with Crippen molar-refractivity contribution < 1.29 is 4.79 Å². The van der Waals surface area contributed by atoms with E-state index in [-0.39, 0.29) is 6.03 Å². The Morgan fingerprint density at radius 3 is 2.61 bits per heavy atom. The Labute approximate surface area is 163 Å². The molecule has 0 unspecified atom stereocenters. The molecule has 6 heteroatoms. The van der Waals surface area contributed by atoms with E-state index >= 15 is 0 Å². The lowest BCUT2D eigenvalue weighted by Gasteiger charge is -2.09. The Kier molecular flexibility index (Phi) is 4.61. The number of rotatable bonds is 4. The number of aromatic amines is 1. The van der Waals surface area contributed by atoms with Gasteiger partial charge in [0.25, 0.3) is 0 Å². The van der Waals surface area contributed by atoms with Crippen LogP contribution in [0.25, 0.3) is 22.2 Å². The third kappa shape index (κ3) is 3.62. The van der Waals surface area contributed by atoms with E-state index in [0.717, 1.165) is 39.4 Å². The first-order valence-corrected chi connectivity index (χ1v) is 9.28. The first-order chi connectivity index (χ1) is 13.5. The van der Waals surface area contributed by atoms with Crippen molar-refractivity contribution in [1.82, 2.24) is 14.5 Å². The molecule has 2 aromatic carbocycles. The van der Waals surface area contributed by atoms with Crippen LogP contribution < -0.4 is 10.6 Å². The molecule has 0 saturated heterocycles. The number of imidazole rings is 1. The van der Waals surface area contributed by atoms with Crippen LogP contribution in [0.15, 0.2) is 60.9 Å². The van der Waals surface area contributed by atoms with Gasteiger partial charge in [-0.25, -0.2) is 9.78 Å². The molecule has 4 rings (SSSR count). The van der Waals surface area contributed by atoms with Crippen LogP contribution in [-0.4, -0.2) is 20.6 Å². The molecule has 4 aromatic rings. The number of carbonyl (C=O) groups is 1. The number of benzene rings is 2. The normalized spacial score (nSPS) is 11.1. The fraction of sp³-hybridized carbons (Fsp3) is 0.182. The lowest BCUT2D eigenvalue weighted by Crippen LogP contribution is -2.19. The number of aromatic nitrogens is 3. The van der Waals surface area contributed by atoms with Crippen LogP contribution in [0.1, 0.15) is 25.6 Å². The highest BCUT2D eigenvalue weighted by atomic mass is 16.2. The summed E-state index contributed by atoms with van der Waals surface area (Å²) in [6, 6.07) is 15.3. The van der Waals surface area contributed by atoms with Gasteiger partial charge in [0, 0.05) is 47.0 Å². The summed E-state index contributed by atoms with van der Waals surface area (Å²) in [5, 5.41) is 6.87. The van der Waals surface area contributed by atoms with Crippen LogP contribution in [0.2, 0.25) is 0 Å². The van der Waals surface area contributed by atoms with E-state index < -0.39 is 0 Å². The zero-order valence-corrected chi connectivity index (χ0v) is 16.2. The Bertz CT molecular complexity index is 1140. The van der Waals surface area contributed by atoms with Crippen LogP contribution in [0.4, 0.5) is 16.2 Å². The second-order valence-electron chi connectivity index (χ2n) is 7.20. The number of fused-ring (bicyclic) bond motifs is 1. The number of hydrogen-bond donors (Lipinski definition) is 3. The lowest BCUT2D eigenvalue weighted by atomic mass is 10.1. The monoisotopic (exact) mass is 373 g/mol. The maximum absolute atomic E-state index is 12.4. The number of carbonyl (C=O) groups excluding carboxylic acids is 1. The van der Waals surface area contributed by atoms with Crippen LogP contribution in [-0.2, 0) is 7.05 Å². The molecule has 0 aliphatic carbocycles. The van der Waals surface area contributed by atoms with Gasteiger partial charge < -0.3 is 20.2 Å². The van der Waals surface area contributed by atoms with Gasteiger partial charge in [0.1, 0.15) is 5.82 Å². The van der Waals surface area contributed by atoms with E-state index in [9.17, 15) is 4.79 Å². The van der Waals surface area contributed by atoms with Crippen molar-refractivity contribution in [2.75, 3.05) is 10.6 Å². The first kappa shape index (κ1) is 17.9. The maximum atomic E-state index is 12.4. The van der Waals surface area contributed by atoms with E-state index in [0.29, 0.717) is 5.92 Å². The van der Waals surface area contributed by atoms with Gasteiger partial charge in [-0.05, 0) is 36.4 Å². The van der Waals surface area contributed by atoms with Crippen molar-refractivity contribution in [3.63, 3.8) is 0 Å². The maximum Gasteiger partial charge on any atom is 0.323 e. The van der Waals surface area contributed by atoms with Crippen LogP contribution in [0.3, 0.4) is 0 Å². The number of nitrogens with zero attached hydrogens (tertiary/aromatic N) is 2. The molecular formula is C22H23N5O. The quantitative estimate of drug-likeness (QED) is 0.452. The Morgan fingerprint density at radius 1 is 1.07 bits per heavy atom. The molecule has 2 heterocycles. The van der Waals surface area contributed by atoms with Crippen molar-refractivity contribution in [3.05, 3.63) is 66.7 Å². The van der Waals surface area contributed by atoms with Crippen molar-refractivity contribution in [1.29, 1.82) is 0 Å². The third-order valence-corrected chi connectivity index (χ3v) is 4.72. The molecule has 28 heavy (non-hydrogen) atoms. The minimum absolute atomic E-state index is 0.278. The van der Waals surface area contributed by atoms with Crippen LogP contribution >= 0.6 is 0 Å². The van der Waals surface area contributed by atoms with Crippen molar-refractivity contribution in [3.8, 4) is 11.3 Å². The molecule has 0 aliphatic rings. The molecule has 6 nitrogen and oxygen atoms in total. The van der Waals surface area contributed by atoms with Crippen molar-refractivity contribution in [2.45, 2.75) is 19.8 Å². The van der Waals surface area contributed by atoms with E-state index in [1.165, 1.54) is 0 Å². The predicted molar refractivity (Wildman–Crippen MR) is 114 cm³/mol. The van der Waals surface area contributed by atoms with E-state index in [1.54, 1.807) is 0 Å². The summed E-state index contributed by atoms with van der Waals surface area (Å²) in [6.07, 6.45) is 3.82. The zero-order chi connectivity index (χ0) is 19.7. The van der Waals surface area contributed by atoms with E-state index in [2.05, 4.69) is 34.4 Å².